The van der Waals surface area contributed by atoms with E-state index in [0.717, 1.165) is 23.7 Å². The lowest BCUT2D eigenvalue weighted by Gasteiger charge is -2.22. The summed E-state index contributed by atoms with van der Waals surface area (Å²) in [5.74, 6) is 1.18. The summed E-state index contributed by atoms with van der Waals surface area (Å²) < 4.78 is 8.61. The summed E-state index contributed by atoms with van der Waals surface area (Å²) in [5.41, 5.74) is 1.71. The average Bonchev–Trinajstić information content (AvgIpc) is 3.23. The van der Waals surface area contributed by atoms with E-state index in [1.807, 2.05) is 12.1 Å². The van der Waals surface area contributed by atoms with Crippen LogP contribution in [0.5, 0.6) is 0 Å². The second-order valence-corrected chi connectivity index (χ2v) is 8.50. The van der Waals surface area contributed by atoms with Crippen molar-refractivity contribution >= 4 is 17.9 Å². The van der Waals surface area contributed by atoms with E-state index in [2.05, 4.69) is 19.8 Å². The van der Waals surface area contributed by atoms with Crippen LogP contribution in [0.3, 0.4) is 0 Å². The van der Waals surface area contributed by atoms with Gasteiger partial charge in [-0.05, 0) is 36.4 Å². The number of amides is 1. The zero-order chi connectivity index (χ0) is 20.3. The van der Waals surface area contributed by atoms with Crippen LogP contribution < -0.4 is 10.2 Å². The molecule has 1 fully saturated rings. The predicted octanol–water partition coefficient (Wildman–Crippen LogP) is 3.99. The molecule has 0 spiro atoms. The number of nitrogens with zero attached hydrogens (tertiary/aromatic N) is 3. The van der Waals surface area contributed by atoms with Crippen LogP contribution in [0.4, 0.5) is 0 Å². The zero-order valence-electron chi connectivity index (χ0n) is 16.5. The van der Waals surface area contributed by atoms with E-state index in [0.29, 0.717) is 18.3 Å². The Labute approximate surface area is 175 Å². The summed E-state index contributed by atoms with van der Waals surface area (Å²) in [6.45, 7) is 0.435. The van der Waals surface area contributed by atoms with Gasteiger partial charge < -0.3 is 4.52 Å². The summed E-state index contributed by atoms with van der Waals surface area (Å²) in [6, 6.07) is 3.84. The van der Waals surface area contributed by atoms with Crippen molar-refractivity contribution in [3.63, 3.8) is 0 Å². The molecule has 1 aliphatic carbocycles. The van der Waals surface area contributed by atoms with Crippen LogP contribution in [0, 0.1) is 5.92 Å². The Morgan fingerprint density at radius 3 is 2.97 bits per heavy atom. The molecule has 1 atom stereocenters. The van der Waals surface area contributed by atoms with Gasteiger partial charge in [0.05, 0.1) is 6.54 Å². The smallest absolute Gasteiger partial charge is 0.244 e. The molecule has 29 heavy (non-hydrogen) atoms. The Balaban J connectivity index is 1.50. The monoisotopic (exact) mass is 419 g/mol. The first-order valence-corrected chi connectivity index (χ1v) is 11.1. The summed E-state index contributed by atoms with van der Waals surface area (Å²) in [5, 5.41) is 12.9. The molecule has 0 aliphatic heterocycles. The third-order valence-electron chi connectivity index (χ3n) is 5.33. The van der Waals surface area contributed by atoms with Crippen molar-refractivity contribution in [2.45, 2.75) is 75.1 Å². The molecule has 0 aromatic carbocycles. The summed E-state index contributed by atoms with van der Waals surface area (Å²) in [6.07, 6.45) is 13.3. The number of hydroxylamine groups is 1. The molecule has 158 valence electrons. The van der Waals surface area contributed by atoms with E-state index in [4.69, 9.17) is 9.73 Å². The zero-order valence-corrected chi connectivity index (χ0v) is 17.4. The number of carbonyl (C=O) groups is 1. The number of nitrogens with one attached hydrogen (secondary N) is 2. The number of aromatic nitrogens is 3. The van der Waals surface area contributed by atoms with Gasteiger partial charge in [0, 0.05) is 29.6 Å². The van der Waals surface area contributed by atoms with Crippen molar-refractivity contribution in [3.05, 3.63) is 36.2 Å². The lowest BCUT2D eigenvalue weighted by molar-refractivity contribution is -0.129. The van der Waals surface area contributed by atoms with Gasteiger partial charge in [-0.15, -0.1) is 0 Å². The highest BCUT2D eigenvalue weighted by Gasteiger charge is 2.23. The second-order valence-electron chi connectivity index (χ2n) is 7.53. The Morgan fingerprint density at radius 1 is 1.34 bits per heavy atom. The van der Waals surface area contributed by atoms with E-state index < -0.39 is 5.91 Å². The molecule has 1 amide bonds. The fraction of sp³-hybridized carbons (Fsp3) is 0.600. The molecule has 2 aromatic heterocycles. The summed E-state index contributed by atoms with van der Waals surface area (Å²) in [4.78, 5) is 21.3. The number of hydrogen-bond acceptors (Lipinski definition) is 8. The van der Waals surface area contributed by atoms with Crippen LogP contribution >= 0.6 is 11.9 Å². The van der Waals surface area contributed by atoms with Crippen LogP contribution in [0.25, 0.3) is 0 Å². The Bertz CT molecular complexity index is 737. The van der Waals surface area contributed by atoms with Crippen molar-refractivity contribution in [2.24, 2.45) is 5.92 Å². The van der Waals surface area contributed by atoms with Gasteiger partial charge in [0.25, 0.3) is 0 Å². The molecule has 8 nitrogen and oxygen atoms in total. The van der Waals surface area contributed by atoms with Crippen molar-refractivity contribution in [2.75, 3.05) is 0 Å². The predicted molar refractivity (Wildman–Crippen MR) is 109 cm³/mol. The summed E-state index contributed by atoms with van der Waals surface area (Å²) >= 11 is 1.45. The average molecular weight is 420 g/mol. The number of pyridine rings is 1. The number of hydrogen-bond donors (Lipinski definition) is 3. The fourth-order valence-corrected chi connectivity index (χ4v) is 4.44. The maximum Gasteiger partial charge on any atom is 0.244 e. The minimum Gasteiger partial charge on any atom is -0.339 e. The van der Waals surface area contributed by atoms with Gasteiger partial charge >= 0.3 is 0 Å². The third kappa shape index (κ3) is 7.41. The molecule has 2 aromatic rings. The van der Waals surface area contributed by atoms with Gasteiger partial charge in [0.1, 0.15) is 0 Å². The first-order chi connectivity index (χ1) is 14.2. The maximum atomic E-state index is 11.7. The Hall–Kier alpha value is -1.97. The minimum absolute atomic E-state index is 0.140. The molecule has 0 radical (unpaired) electrons. The van der Waals surface area contributed by atoms with Crippen LogP contribution in [-0.4, -0.2) is 26.2 Å². The van der Waals surface area contributed by atoms with Crippen molar-refractivity contribution in [1.29, 1.82) is 0 Å². The third-order valence-corrected chi connectivity index (χ3v) is 6.10. The fourth-order valence-electron chi connectivity index (χ4n) is 3.81. The first kappa shape index (κ1) is 21.7. The SMILES string of the molecule is O=C(CC(CCCC1CCCCC1)c1nc(CNSc2cccnc2)no1)NO. The number of rotatable bonds is 11. The largest absolute Gasteiger partial charge is 0.339 e. The first-order valence-electron chi connectivity index (χ1n) is 10.3. The lowest BCUT2D eigenvalue weighted by atomic mass is 9.84. The number of carbonyl (C=O) groups excluding carboxylic acids is 1. The molecule has 0 saturated heterocycles. The van der Waals surface area contributed by atoms with Crippen LogP contribution in [0.1, 0.15) is 75.4 Å². The standard InChI is InChI=1S/C20H29N5O3S/c26-19(24-27)12-16(9-4-8-15-6-2-1-3-7-15)20-23-18(25-28-20)14-22-29-17-10-5-11-21-13-17/h5,10-11,13,15-16,22,27H,1-4,6-9,12,14H2,(H,24,26). The molecular formula is C20H29N5O3S. The van der Waals surface area contributed by atoms with Gasteiger partial charge in [0.15, 0.2) is 5.82 Å². The van der Waals surface area contributed by atoms with E-state index in [9.17, 15) is 4.79 Å². The van der Waals surface area contributed by atoms with Crippen molar-refractivity contribution in [3.8, 4) is 0 Å². The Morgan fingerprint density at radius 2 is 2.21 bits per heavy atom. The van der Waals surface area contributed by atoms with Crippen LogP contribution in [-0.2, 0) is 11.3 Å². The van der Waals surface area contributed by atoms with Gasteiger partial charge in [0.2, 0.25) is 11.8 Å². The molecule has 9 heteroatoms. The van der Waals surface area contributed by atoms with Crippen LogP contribution in [0.15, 0.2) is 33.9 Å². The minimum atomic E-state index is -0.433. The summed E-state index contributed by atoms with van der Waals surface area (Å²) in [7, 11) is 0. The van der Waals surface area contributed by atoms with E-state index in [1.54, 1.807) is 17.9 Å². The van der Waals surface area contributed by atoms with E-state index in [1.165, 1.54) is 50.5 Å². The van der Waals surface area contributed by atoms with Gasteiger partial charge in [-0.2, -0.15) is 4.98 Å². The molecule has 1 aliphatic rings. The van der Waals surface area contributed by atoms with E-state index in [-0.39, 0.29) is 12.3 Å². The van der Waals surface area contributed by atoms with Crippen molar-refractivity contribution in [1.82, 2.24) is 25.3 Å². The van der Waals surface area contributed by atoms with Gasteiger partial charge in [-0.25, -0.2) is 5.48 Å². The molecule has 3 rings (SSSR count). The molecular weight excluding hydrogens is 390 g/mol. The Kier molecular flexibility index (Phi) is 8.91. The quantitative estimate of drug-likeness (QED) is 0.285. The highest BCUT2D eigenvalue weighted by molar-refractivity contribution is 7.97. The highest BCUT2D eigenvalue weighted by Crippen LogP contribution is 2.31. The molecule has 3 N–H and O–H groups in total. The molecule has 1 saturated carbocycles. The maximum absolute atomic E-state index is 11.7. The van der Waals surface area contributed by atoms with Gasteiger partial charge in [-0.3, -0.25) is 19.7 Å². The second kappa shape index (κ2) is 11.9. The molecule has 2 heterocycles. The lowest BCUT2D eigenvalue weighted by Crippen LogP contribution is -2.21. The normalized spacial score (nSPS) is 15.9. The highest BCUT2D eigenvalue weighted by atomic mass is 32.2. The van der Waals surface area contributed by atoms with Gasteiger partial charge in [-0.1, -0.05) is 50.1 Å². The van der Waals surface area contributed by atoms with Crippen molar-refractivity contribution < 1.29 is 14.5 Å². The van der Waals surface area contributed by atoms with E-state index >= 15 is 0 Å². The van der Waals surface area contributed by atoms with Crippen LogP contribution in [0.2, 0.25) is 0 Å². The topological polar surface area (TPSA) is 113 Å². The molecule has 1 unspecified atom stereocenters. The molecule has 0 bridgehead atoms.